The largest absolute Gasteiger partial charge is 0.494 e. The highest BCUT2D eigenvalue weighted by Crippen LogP contribution is 2.28. The molecule has 0 fully saturated rings. The molecule has 3 rings (SSSR count). The fourth-order valence-electron chi connectivity index (χ4n) is 3.38. The van der Waals surface area contributed by atoms with Crippen molar-refractivity contribution in [3.05, 3.63) is 83.9 Å². The third-order valence-electron chi connectivity index (χ3n) is 4.79. The van der Waals surface area contributed by atoms with Crippen LogP contribution in [0.4, 0.5) is 14.5 Å². The number of halogens is 2. The zero-order valence-corrected chi connectivity index (χ0v) is 19.6. The van der Waals surface area contributed by atoms with Crippen molar-refractivity contribution in [2.24, 2.45) is 0 Å². The predicted molar refractivity (Wildman–Crippen MR) is 127 cm³/mol. The number of amides is 1. The Labute approximate surface area is 197 Å². The van der Waals surface area contributed by atoms with Gasteiger partial charge in [0.05, 0.1) is 6.61 Å². The molecule has 3 aromatic rings. The smallest absolute Gasteiger partial charge is 0.326 e. The molecule has 3 aromatic carbocycles. The van der Waals surface area contributed by atoms with Crippen LogP contribution in [-0.2, 0) is 9.53 Å². The van der Waals surface area contributed by atoms with Crippen molar-refractivity contribution >= 4 is 17.6 Å². The summed E-state index contributed by atoms with van der Waals surface area (Å²) in [6.45, 7) is 7.01. The molecule has 1 amide bonds. The van der Waals surface area contributed by atoms with Crippen LogP contribution in [0.1, 0.15) is 38.1 Å². The maximum Gasteiger partial charge on any atom is 0.326 e. The van der Waals surface area contributed by atoms with Gasteiger partial charge in [-0.1, -0.05) is 30.3 Å². The lowest BCUT2D eigenvalue weighted by molar-refractivity contribution is -0.152. The van der Waals surface area contributed by atoms with E-state index >= 15 is 0 Å². The fourth-order valence-corrected chi connectivity index (χ4v) is 3.38. The first-order valence-electron chi connectivity index (χ1n) is 10.9. The maximum absolute atomic E-state index is 14.4. The molecule has 34 heavy (non-hydrogen) atoms. The molecule has 0 aliphatic heterocycles. The molecular weight excluding hydrogens is 440 g/mol. The predicted octanol–water partition coefficient (Wildman–Crippen LogP) is 6.02. The Morgan fingerprint density at radius 3 is 2.09 bits per heavy atom. The van der Waals surface area contributed by atoms with E-state index in [1.165, 1.54) is 6.07 Å². The van der Waals surface area contributed by atoms with Gasteiger partial charge in [-0.25, -0.2) is 8.78 Å². The summed E-state index contributed by atoms with van der Waals surface area (Å²) in [5.41, 5.74) is 0.352. The van der Waals surface area contributed by atoms with Gasteiger partial charge in [0.2, 0.25) is 0 Å². The summed E-state index contributed by atoms with van der Waals surface area (Å²) in [5.74, 6) is -2.99. The normalized spacial score (nSPS) is 11.1. The summed E-state index contributed by atoms with van der Waals surface area (Å²) in [5, 5.41) is 0. The van der Waals surface area contributed by atoms with Crippen molar-refractivity contribution in [1.82, 2.24) is 0 Å². The van der Waals surface area contributed by atoms with Crippen molar-refractivity contribution in [1.29, 1.82) is 0 Å². The first-order chi connectivity index (χ1) is 16.1. The third kappa shape index (κ3) is 6.19. The summed E-state index contributed by atoms with van der Waals surface area (Å²) in [6.07, 6.45) is 0. The van der Waals surface area contributed by atoms with E-state index in [0.717, 1.165) is 33.9 Å². The number of carbonyl (C=O) groups is 2. The standard InChI is InChI=1S/C27H27F2NO4/c1-5-33-21-14-12-18(13-15-21)19-8-6-9-20(16-19)30(17-24(31)34-27(2,3)4)26(32)25-22(28)10-7-11-23(25)29/h6-16H,5,17H2,1-4H3. The molecule has 0 N–H and O–H groups in total. The molecule has 7 heteroatoms. The SMILES string of the molecule is CCOc1ccc(-c2cccc(N(CC(=O)OC(C)(C)C)C(=O)c3c(F)cccc3F)c2)cc1. The lowest BCUT2D eigenvalue weighted by Crippen LogP contribution is -2.39. The highest BCUT2D eigenvalue weighted by atomic mass is 19.1. The Morgan fingerprint density at radius 1 is 0.882 bits per heavy atom. The first-order valence-corrected chi connectivity index (χ1v) is 10.9. The minimum Gasteiger partial charge on any atom is -0.494 e. The number of benzene rings is 3. The van der Waals surface area contributed by atoms with Gasteiger partial charge in [-0.15, -0.1) is 0 Å². The number of hydrogen-bond acceptors (Lipinski definition) is 4. The van der Waals surface area contributed by atoms with E-state index in [9.17, 15) is 18.4 Å². The molecule has 0 spiro atoms. The van der Waals surface area contributed by atoms with Crippen LogP contribution in [-0.4, -0.2) is 30.6 Å². The molecule has 0 saturated heterocycles. The summed E-state index contributed by atoms with van der Waals surface area (Å²) >= 11 is 0. The molecule has 0 unspecified atom stereocenters. The second-order valence-corrected chi connectivity index (χ2v) is 8.58. The summed E-state index contributed by atoms with van der Waals surface area (Å²) in [7, 11) is 0. The van der Waals surface area contributed by atoms with Gasteiger partial charge in [-0.3, -0.25) is 14.5 Å². The number of esters is 1. The van der Waals surface area contributed by atoms with E-state index in [0.29, 0.717) is 12.3 Å². The molecular formula is C27H27F2NO4. The van der Waals surface area contributed by atoms with Gasteiger partial charge in [0, 0.05) is 5.69 Å². The van der Waals surface area contributed by atoms with Gasteiger partial charge in [0.25, 0.3) is 5.91 Å². The van der Waals surface area contributed by atoms with Crippen molar-refractivity contribution in [2.75, 3.05) is 18.1 Å². The molecule has 0 bridgehead atoms. The third-order valence-corrected chi connectivity index (χ3v) is 4.79. The summed E-state index contributed by atoms with van der Waals surface area (Å²) in [6, 6.07) is 17.3. The lowest BCUT2D eigenvalue weighted by Gasteiger charge is -2.26. The van der Waals surface area contributed by atoms with Gasteiger partial charge in [0.1, 0.15) is 35.1 Å². The number of ether oxygens (including phenoxy) is 2. The molecule has 0 saturated carbocycles. The maximum atomic E-state index is 14.4. The number of rotatable bonds is 7. The minimum atomic E-state index is -1.01. The average Bonchev–Trinajstić information content (AvgIpc) is 2.77. The number of anilines is 1. The van der Waals surface area contributed by atoms with Gasteiger partial charge in [-0.05, 0) is 75.2 Å². The Morgan fingerprint density at radius 2 is 1.50 bits per heavy atom. The molecule has 0 heterocycles. The minimum absolute atomic E-state index is 0.296. The molecule has 178 valence electrons. The number of nitrogens with zero attached hydrogens (tertiary/aromatic N) is 1. The zero-order valence-electron chi connectivity index (χ0n) is 19.6. The Bertz CT molecular complexity index is 1150. The second kappa shape index (κ2) is 10.5. The van der Waals surface area contributed by atoms with Crippen LogP contribution < -0.4 is 9.64 Å². The molecule has 0 atom stereocenters. The van der Waals surface area contributed by atoms with Crippen LogP contribution in [0.15, 0.2) is 66.7 Å². The summed E-state index contributed by atoms with van der Waals surface area (Å²) < 4.78 is 39.7. The zero-order chi connectivity index (χ0) is 24.9. The van der Waals surface area contributed by atoms with Crippen molar-refractivity contribution in [3.8, 4) is 16.9 Å². The first kappa shape index (κ1) is 24.9. The van der Waals surface area contributed by atoms with Crippen LogP contribution >= 0.6 is 0 Å². The van der Waals surface area contributed by atoms with Crippen LogP contribution in [0.5, 0.6) is 5.75 Å². The van der Waals surface area contributed by atoms with Crippen LogP contribution in [0, 0.1) is 11.6 Å². The van der Waals surface area contributed by atoms with E-state index in [-0.39, 0.29) is 0 Å². The number of hydrogen-bond donors (Lipinski definition) is 0. The van der Waals surface area contributed by atoms with Crippen molar-refractivity contribution < 1.29 is 27.8 Å². The monoisotopic (exact) mass is 467 g/mol. The Hall–Kier alpha value is -3.74. The van der Waals surface area contributed by atoms with Crippen molar-refractivity contribution in [3.63, 3.8) is 0 Å². The lowest BCUT2D eigenvalue weighted by atomic mass is 10.0. The average molecular weight is 468 g/mol. The molecule has 0 aromatic heterocycles. The van der Waals surface area contributed by atoms with Crippen LogP contribution in [0.25, 0.3) is 11.1 Å². The van der Waals surface area contributed by atoms with E-state index in [1.54, 1.807) is 39.0 Å². The summed E-state index contributed by atoms with van der Waals surface area (Å²) in [4.78, 5) is 26.9. The van der Waals surface area contributed by atoms with E-state index in [1.807, 2.05) is 37.3 Å². The highest BCUT2D eigenvalue weighted by molar-refractivity contribution is 6.09. The van der Waals surface area contributed by atoms with Gasteiger partial charge in [-0.2, -0.15) is 0 Å². The number of carbonyl (C=O) groups excluding carboxylic acids is 2. The molecule has 0 radical (unpaired) electrons. The fraction of sp³-hybridized carbons (Fsp3) is 0.259. The topological polar surface area (TPSA) is 55.8 Å². The van der Waals surface area contributed by atoms with Gasteiger partial charge in [0.15, 0.2) is 0 Å². The van der Waals surface area contributed by atoms with Gasteiger partial charge >= 0.3 is 5.97 Å². The highest BCUT2D eigenvalue weighted by Gasteiger charge is 2.28. The molecule has 5 nitrogen and oxygen atoms in total. The molecule has 0 aliphatic carbocycles. The second-order valence-electron chi connectivity index (χ2n) is 8.58. The molecule has 0 aliphatic rings. The van der Waals surface area contributed by atoms with Crippen LogP contribution in [0.2, 0.25) is 0 Å². The van der Waals surface area contributed by atoms with E-state index in [4.69, 9.17) is 9.47 Å². The quantitative estimate of drug-likeness (QED) is 0.399. The van der Waals surface area contributed by atoms with E-state index < -0.39 is 41.2 Å². The Kier molecular flexibility index (Phi) is 7.66. The van der Waals surface area contributed by atoms with Crippen molar-refractivity contribution in [2.45, 2.75) is 33.3 Å². The van der Waals surface area contributed by atoms with E-state index in [2.05, 4.69) is 0 Å². The Balaban J connectivity index is 2.01. The van der Waals surface area contributed by atoms with Crippen LogP contribution in [0.3, 0.4) is 0 Å². The van der Waals surface area contributed by atoms with Gasteiger partial charge < -0.3 is 9.47 Å².